The number of esters is 2. The van der Waals surface area contributed by atoms with E-state index in [1.807, 2.05) is 12.1 Å². The first-order valence-corrected chi connectivity index (χ1v) is 21.7. The second kappa shape index (κ2) is 17.1. The molecular formula is C42H55IN4O11. The lowest BCUT2D eigenvalue weighted by molar-refractivity contribution is -0.289. The van der Waals surface area contributed by atoms with Crippen molar-refractivity contribution in [1.29, 1.82) is 0 Å². The number of fused-ring (bicyclic) bond motifs is 5. The number of hydrogen-bond acceptors (Lipinski definition) is 12. The molecular weight excluding hydrogens is 863 g/mol. The van der Waals surface area contributed by atoms with Gasteiger partial charge in [0.1, 0.15) is 19.0 Å². The van der Waals surface area contributed by atoms with Gasteiger partial charge in [0, 0.05) is 52.9 Å². The summed E-state index contributed by atoms with van der Waals surface area (Å²) in [6.07, 6.45) is 5.25. The zero-order valence-electron chi connectivity index (χ0n) is 33.4. The molecule has 1 amide bonds. The fourth-order valence-corrected chi connectivity index (χ4v) is 12.5. The summed E-state index contributed by atoms with van der Waals surface area (Å²) in [7, 11) is 1.53. The molecule has 316 valence electrons. The number of benzene rings is 1. The highest BCUT2D eigenvalue weighted by molar-refractivity contribution is 14.1. The first-order valence-electron chi connectivity index (χ1n) is 20.6. The Labute approximate surface area is 352 Å². The number of rotatable bonds is 13. The van der Waals surface area contributed by atoms with E-state index in [0.29, 0.717) is 63.6 Å². The number of nitrogens with one attached hydrogen (secondary N) is 1. The summed E-state index contributed by atoms with van der Waals surface area (Å²) < 4.78 is 30.3. The van der Waals surface area contributed by atoms with Crippen molar-refractivity contribution in [3.05, 3.63) is 49.4 Å². The maximum Gasteiger partial charge on any atom is 0.331 e. The van der Waals surface area contributed by atoms with Crippen LogP contribution in [0.5, 0.6) is 0 Å². The predicted octanol–water partition coefficient (Wildman–Crippen LogP) is 5.67. The van der Waals surface area contributed by atoms with Crippen molar-refractivity contribution >= 4 is 52.4 Å². The second-order valence-corrected chi connectivity index (χ2v) is 18.7. The lowest BCUT2D eigenvalue weighted by Crippen LogP contribution is -2.69. The Bertz CT molecular complexity index is 1860. The molecule has 1 saturated heterocycles. The molecule has 15 nitrogen and oxygen atoms in total. The molecule has 0 unspecified atom stereocenters. The third-order valence-electron chi connectivity index (χ3n) is 14.8. The van der Waals surface area contributed by atoms with Gasteiger partial charge in [-0.15, -0.1) is 0 Å². The van der Waals surface area contributed by atoms with Gasteiger partial charge < -0.3 is 44.0 Å². The quantitative estimate of drug-likeness (QED) is 0.0417. The number of carbonyl (C=O) groups is 4. The van der Waals surface area contributed by atoms with Gasteiger partial charge in [-0.25, -0.2) is 4.79 Å². The van der Waals surface area contributed by atoms with Gasteiger partial charge in [-0.1, -0.05) is 24.2 Å². The summed E-state index contributed by atoms with van der Waals surface area (Å²) in [6.45, 7) is 4.56. The van der Waals surface area contributed by atoms with Crippen LogP contribution in [-0.2, 0) is 49.3 Å². The van der Waals surface area contributed by atoms with Crippen molar-refractivity contribution in [3.63, 3.8) is 0 Å². The van der Waals surface area contributed by atoms with E-state index in [9.17, 15) is 29.4 Å². The number of methoxy groups -OCH3 is 1. The molecule has 5 fully saturated rings. The molecule has 12 atom stereocenters. The number of nitrogens with zero attached hydrogens (tertiary/aromatic N) is 3. The van der Waals surface area contributed by atoms with Gasteiger partial charge in [-0.2, -0.15) is 0 Å². The smallest absolute Gasteiger partial charge is 0.331 e. The molecule has 7 rings (SSSR count). The van der Waals surface area contributed by atoms with Crippen molar-refractivity contribution in [2.75, 3.05) is 20.3 Å². The Hall–Kier alpha value is -3.12. The minimum atomic E-state index is -1.31. The lowest BCUT2D eigenvalue weighted by atomic mass is 9.41. The number of aldehydes is 1. The average molecular weight is 919 g/mol. The molecule has 0 spiro atoms. The highest BCUT2D eigenvalue weighted by atomic mass is 127. The summed E-state index contributed by atoms with van der Waals surface area (Å²) in [5.74, 6) is -1.44. The van der Waals surface area contributed by atoms with E-state index in [1.165, 1.54) is 7.11 Å². The van der Waals surface area contributed by atoms with Gasteiger partial charge >= 0.3 is 11.9 Å². The summed E-state index contributed by atoms with van der Waals surface area (Å²) in [5.41, 5.74) is 7.34. The maximum absolute atomic E-state index is 13.3. The van der Waals surface area contributed by atoms with E-state index < -0.39 is 52.6 Å². The topological polar surface area (TPSA) is 216 Å². The van der Waals surface area contributed by atoms with E-state index in [1.54, 1.807) is 19.1 Å². The monoisotopic (exact) mass is 918 g/mol. The van der Waals surface area contributed by atoms with Crippen molar-refractivity contribution < 1.29 is 53.1 Å². The van der Waals surface area contributed by atoms with Gasteiger partial charge in [0.05, 0.1) is 40.9 Å². The van der Waals surface area contributed by atoms with Crippen LogP contribution >= 0.6 is 22.6 Å². The zero-order chi connectivity index (χ0) is 41.5. The summed E-state index contributed by atoms with van der Waals surface area (Å²) in [4.78, 5) is 53.4. The van der Waals surface area contributed by atoms with Crippen LogP contribution in [0.15, 0.2) is 35.0 Å². The van der Waals surface area contributed by atoms with Gasteiger partial charge in [-0.3, -0.25) is 9.59 Å². The Morgan fingerprint density at radius 2 is 1.91 bits per heavy atom. The number of ether oxygens (including phenoxy) is 5. The first kappa shape index (κ1) is 43.0. The number of cyclic esters (lactones) is 1. The standard InChI is InChI=1S/C42H55IN4O11/c1-24-38(58-35(50)7-6-34(49)45-17-12-25-4-5-32(46-47-44)31(43)18-25)33(54-3)20-37(56-24)57-27-8-14-40(23-48)29-9-13-39(2)28(26-19-36(51)55-22-26)11-16-42(39,53)30(29)10-15-41(40,52)21-27/h4-5,18-19,23-24,27-30,33,37-38,52-53H,6-17,20-22H2,1-3H3,(H,45,49)/t24-,27+,28-,29+,30-,33+,37+,38-,39-,40+,41+,42+/m1/s1. The summed E-state index contributed by atoms with van der Waals surface area (Å²) in [5, 5.41) is 31.4. The minimum absolute atomic E-state index is 0.0370. The number of carbonyl (C=O) groups excluding carboxylic acids is 4. The van der Waals surface area contributed by atoms with Crippen LogP contribution in [0, 0.1) is 32.2 Å². The number of aliphatic hydroxyl groups is 2. The molecule has 6 aliphatic rings. The van der Waals surface area contributed by atoms with Crippen LogP contribution in [0.4, 0.5) is 5.69 Å². The van der Waals surface area contributed by atoms with Gasteiger partial charge in [0.25, 0.3) is 0 Å². The highest BCUT2D eigenvalue weighted by Crippen LogP contribution is 2.70. The molecule has 16 heteroatoms. The Balaban J connectivity index is 0.898. The predicted molar refractivity (Wildman–Crippen MR) is 216 cm³/mol. The molecule has 0 aromatic heterocycles. The van der Waals surface area contributed by atoms with E-state index in [4.69, 9.17) is 29.2 Å². The van der Waals surface area contributed by atoms with Crippen LogP contribution < -0.4 is 5.32 Å². The third kappa shape index (κ3) is 7.82. The molecule has 3 N–H and O–H groups in total. The molecule has 1 aromatic carbocycles. The van der Waals surface area contributed by atoms with E-state index in [2.05, 4.69) is 44.9 Å². The van der Waals surface area contributed by atoms with Crippen LogP contribution in [0.1, 0.15) is 96.5 Å². The van der Waals surface area contributed by atoms with Crippen LogP contribution in [0.3, 0.4) is 0 Å². The maximum atomic E-state index is 13.3. The normalized spacial score (nSPS) is 39.2. The molecule has 2 heterocycles. The first-order chi connectivity index (χ1) is 27.7. The van der Waals surface area contributed by atoms with Gasteiger partial charge in [-0.05, 0) is 128 Å². The highest BCUT2D eigenvalue weighted by Gasteiger charge is 2.71. The molecule has 0 bridgehead atoms. The van der Waals surface area contributed by atoms with Crippen LogP contribution in [0.2, 0.25) is 0 Å². The van der Waals surface area contributed by atoms with Gasteiger partial charge in [0.2, 0.25) is 5.91 Å². The van der Waals surface area contributed by atoms with Crippen molar-refractivity contribution in [3.8, 4) is 0 Å². The third-order valence-corrected chi connectivity index (χ3v) is 15.7. The van der Waals surface area contributed by atoms with E-state index in [0.717, 1.165) is 27.4 Å². The SMILES string of the molecule is CO[C@H]1C[C@H](O[C@H]2CC[C@]3(C=O)[C@H]4CC[C@]5(C)[C@@H](C6=CC(=O)OC6)CC[C@]5(O)[C@@H]4CC[C@]3(O)C2)O[C@H](C)[C@H]1OC(=O)CCC(=O)NCCc1ccc(N=[N+]=[N-])c(I)c1. The minimum Gasteiger partial charge on any atom is -0.458 e. The van der Waals surface area contributed by atoms with Gasteiger partial charge in [0.15, 0.2) is 12.4 Å². The number of halogens is 1. The van der Waals surface area contributed by atoms with Crippen LogP contribution in [-0.4, -0.2) is 96.5 Å². The molecule has 58 heavy (non-hydrogen) atoms. The zero-order valence-corrected chi connectivity index (χ0v) is 35.6. The largest absolute Gasteiger partial charge is 0.458 e. The molecule has 1 aromatic rings. The molecule has 2 aliphatic heterocycles. The Kier molecular flexibility index (Phi) is 12.7. The molecule has 0 radical (unpaired) electrons. The van der Waals surface area contributed by atoms with E-state index >= 15 is 0 Å². The Morgan fingerprint density at radius 3 is 2.62 bits per heavy atom. The van der Waals surface area contributed by atoms with Crippen molar-refractivity contribution in [2.45, 2.75) is 139 Å². The number of amides is 1. The number of azide groups is 1. The lowest BCUT2D eigenvalue weighted by Gasteiger charge is -2.65. The fraction of sp³-hybridized carbons (Fsp3) is 0.714. The number of hydrogen-bond donors (Lipinski definition) is 3. The van der Waals surface area contributed by atoms with Crippen molar-refractivity contribution in [1.82, 2.24) is 5.32 Å². The average Bonchev–Trinajstić information content (AvgIpc) is 3.74. The van der Waals surface area contributed by atoms with Crippen LogP contribution in [0.25, 0.3) is 10.4 Å². The van der Waals surface area contributed by atoms with E-state index in [-0.39, 0.29) is 68.0 Å². The van der Waals surface area contributed by atoms with Crippen molar-refractivity contribution in [2.24, 2.45) is 33.7 Å². The fourth-order valence-electron chi connectivity index (χ4n) is 11.8. The Morgan fingerprint density at radius 1 is 1.12 bits per heavy atom. The summed E-state index contributed by atoms with van der Waals surface area (Å²) in [6, 6.07) is 5.47. The molecule has 4 aliphatic carbocycles. The second-order valence-electron chi connectivity index (χ2n) is 17.6. The molecule has 4 saturated carbocycles. The summed E-state index contributed by atoms with van der Waals surface area (Å²) >= 11 is 2.09.